The molecule has 0 spiro atoms. The topological polar surface area (TPSA) is 29.9 Å². The van der Waals surface area contributed by atoms with Crippen LogP contribution in [0.1, 0.15) is 37.9 Å². The molecule has 1 aromatic heterocycles. The van der Waals surface area contributed by atoms with E-state index in [1.54, 1.807) is 0 Å². The normalized spacial score (nSPS) is 9.94. The minimum atomic E-state index is 0.876. The Morgan fingerprint density at radius 1 is 1.50 bits per heavy atom. The highest BCUT2D eigenvalue weighted by molar-refractivity contribution is 5.16. The van der Waals surface area contributed by atoms with E-state index in [4.69, 9.17) is 0 Å². The van der Waals surface area contributed by atoms with Gasteiger partial charge in [-0.15, -0.1) is 11.8 Å². The molecule has 0 saturated heterocycles. The summed E-state index contributed by atoms with van der Waals surface area (Å²) in [4.78, 5) is 0. The molecular formula is C13H21N3. The minimum absolute atomic E-state index is 0.876. The van der Waals surface area contributed by atoms with Crippen LogP contribution in [0.15, 0.2) is 6.20 Å². The number of aromatic nitrogens is 2. The van der Waals surface area contributed by atoms with Crippen LogP contribution < -0.4 is 5.32 Å². The lowest BCUT2D eigenvalue weighted by Gasteiger charge is -2.04. The van der Waals surface area contributed by atoms with Crippen molar-refractivity contribution in [1.82, 2.24) is 15.1 Å². The molecule has 0 amide bonds. The van der Waals surface area contributed by atoms with E-state index in [2.05, 4.69) is 36.1 Å². The summed E-state index contributed by atoms with van der Waals surface area (Å²) in [5.74, 6) is 5.96. The Hall–Kier alpha value is -1.27. The van der Waals surface area contributed by atoms with Crippen molar-refractivity contribution in [3.05, 3.63) is 17.5 Å². The fourth-order valence-corrected chi connectivity index (χ4v) is 1.57. The molecule has 1 rings (SSSR count). The van der Waals surface area contributed by atoms with Gasteiger partial charge in [-0.1, -0.05) is 6.92 Å². The van der Waals surface area contributed by atoms with Gasteiger partial charge in [-0.3, -0.25) is 4.68 Å². The molecule has 3 nitrogen and oxygen atoms in total. The first kappa shape index (κ1) is 12.8. The van der Waals surface area contributed by atoms with Crippen molar-refractivity contribution in [1.29, 1.82) is 0 Å². The van der Waals surface area contributed by atoms with Gasteiger partial charge in [-0.2, -0.15) is 5.10 Å². The Morgan fingerprint density at radius 2 is 2.31 bits per heavy atom. The van der Waals surface area contributed by atoms with Gasteiger partial charge in [0, 0.05) is 24.2 Å². The Morgan fingerprint density at radius 3 is 3.00 bits per heavy atom. The van der Waals surface area contributed by atoms with Gasteiger partial charge in [-0.25, -0.2) is 0 Å². The Balaban J connectivity index is 2.50. The number of aryl methyl sites for hydroxylation is 1. The summed E-state index contributed by atoms with van der Waals surface area (Å²) in [6.07, 6.45) is 4.00. The standard InChI is InChI=1S/C13H21N3/c1-4-6-7-9-16-12(3)13(11-15-16)10-14-8-5-2/h11,14H,5,7-10H2,1-3H3. The smallest absolute Gasteiger partial charge is 0.0537 e. The van der Waals surface area contributed by atoms with Crippen molar-refractivity contribution in [2.24, 2.45) is 0 Å². The average Bonchev–Trinajstić information content (AvgIpc) is 2.62. The lowest BCUT2D eigenvalue weighted by Crippen LogP contribution is -2.14. The van der Waals surface area contributed by atoms with Crippen LogP contribution in [0.5, 0.6) is 0 Å². The van der Waals surface area contributed by atoms with Crippen LogP contribution in [-0.4, -0.2) is 16.3 Å². The summed E-state index contributed by atoms with van der Waals surface area (Å²) in [6.45, 7) is 9.03. The number of nitrogens with zero attached hydrogens (tertiary/aromatic N) is 2. The SMILES string of the molecule is CC#CCCn1ncc(CNCCC)c1C. The fraction of sp³-hybridized carbons (Fsp3) is 0.615. The van der Waals surface area contributed by atoms with E-state index < -0.39 is 0 Å². The molecule has 3 heteroatoms. The van der Waals surface area contributed by atoms with Gasteiger partial charge in [0.05, 0.1) is 12.7 Å². The minimum Gasteiger partial charge on any atom is -0.313 e. The molecule has 1 N–H and O–H groups in total. The first-order chi connectivity index (χ1) is 7.79. The molecule has 0 bridgehead atoms. The number of rotatable bonds is 6. The fourth-order valence-electron chi connectivity index (χ4n) is 1.57. The van der Waals surface area contributed by atoms with Crippen molar-refractivity contribution in [2.75, 3.05) is 6.54 Å². The summed E-state index contributed by atoms with van der Waals surface area (Å²) in [6, 6.07) is 0. The Bertz CT molecular complexity index is 368. The second-order valence-corrected chi connectivity index (χ2v) is 3.83. The summed E-state index contributed by atoms with van der Waals surface area (Å²) >= 11 is 0. The quantitative estimate of drug-likeness (QED) is 0.586. The van der Waals surface area contributed by atoms with Gasteiger partial charge >= 0.3 is 0 Å². The van der Waals surface area contributed by atoms with E-state index in [0.29, 0.717) is 0 Å². The van der Waals surface area contributed by atoms with E-state index >= 15 is 0 Å². The third-order valence-electron chi connectivity index (χ3n) is 2.57. The van der Waals surface area contributed by atoms with Crippen molar-refractivity contribution in [3.8, 4) is 11.8 Å². The highest BCUT2D eigenvalue weighted by Crippen LogP contribution is 2.07. The van der Waals surface area contributed by atoms with Gasteiger partial charge in [0.2, 0.25) is 0 Å². The molecule has 1 aromatic rings. The van der Waals surface area contributed by atoms with Crippen LogP contribution in [0.4, 0.5) is 0 Å². The second-order valence-electron chi connectivity index (χ2n) is 3.83. The largest absolute Gasteiger partial charge is 0.313 e. The maximum absolute atomic E-state index is 4.38. The highest BCUT2D eigenvalue weighted by Gasteiger charge is 2.04. The lowest BCUT2D eigenvalue weighted by atomic mass is 10.2. The highest BCUT2D eigenvalue weighted by atomic mass is 15.3. The van der Waals surface area contributed by atoms with E-state index in [-0.39, 0.29) is 0 Å². The summed E-state index contributed by atoms with van der Waals surface area (Å²) in [5, 5.41) is 7.77. The summed E-state index contributed by atoms with van der Waals surface area (Å²) in [7, 11) is 0. The van der Waals surface area contributed by atoms with E-state index in [9.17, 15) is 0 Å². The Kier molecular flexibility index (Phi) is 5.66. The molecule has 88 valence electrons. The molecule has 0 saturated carbocycles. The zero-order valence-electron chi connectivity index (χ0n) is 10.5. The van der Waals surface area contributed by atoms with Crippen LogP contribution in [-0.2, 0) is 13.1 Å². The molecule has 0 aromatic carbocycles. The Labute approximate surface area is 98.2 Å². The van der Waals surface area contributed by atoms with Crippen LogP contribution in [0.25, 0.3) is 0 Å². The molecule has 0 fully saturated rings. The summed E-state index contributed by atoms with van der Waals surface area (Å²) in [5.41, 5.74) is 2.54. The van der Waals surface area contributed by atoms with Gasteiger partial charge in [-0.05, 0) is 26.8 Å². The van der Waals surface area contributed by atoms with Gasteiger partial charge in [0.1, 0.15) is 0 Å². The van der Waals surface area contributed by atoms with Gasteiger partial charge < -0.3 is 5.32 Å². The monoisotopic (exact) mass is 219 g/mol. The zero-order valence-corrected chi connectivity index (χ0v) is 10.5. The first-order valence-corrected chi connectivity index (χ1v) is 5.91. The predicted octanol–water partition coefficient (Wildman–Crippen LogP) is 2.10. The second kappa shape index (κ2) is 7.08. The molecule has 16 heavy (non-hydrogen) atoms. The molecule has 0 unspecified atom stereocenters. The van der Waals surface area contributed by atoms with Crippen molar-refractivity contribution in [2.45, 2.75) is 46.7 Å². The third kappa shape index (κ3) is 3.71. The maximum atomic E-state index is 4.38. The van der Waals surface area contributed by atoms with Crippen molar-refractivity contribution >= 4 is 0 Å². The summed E-state index contributed by atoms with van der Waals surface area (Å²) < 4.78 is 2.04. The van der Waals surface area contributed by atoms with E-state index in [1.807, 2.05) is 17.8 Å². The van der Waals surface area contributed by atoms with Crippen LogP contribution in [0, 0.1) is 18.8 Å². The maximum Gasteiger partial charge on any atom is 0.0537 e. The van der Waals surface area contributed by atoms with Gasteiger partial charge in [0.25, 0.3) is 0 Å². The lowest BCUT2D eigenvalue weighted by molar-refractivity contribution is 0.608. The average molecular weight is 219 g/mol. The zero-order chi connectivity index (χ0) is 11.8. The number of nitrogens with one attached hydrogen (secondary N) is 1. The van der Waals surface area contributed by atoms with E-state index in [0.717, 1.165) is 26.1 Å². The first-order valence-electron chi connectivity index (χ1n) is 5.91. The number of hydrogen-bond acceptors (Lipinski definition) is 2. The van der Waals surface area contributed by atoms with Crippen molar-refractivity contribution in [3.63, 3.8) is 0 Å². The predicted molar refractivity (Wildman–Crippen MR) is 67.0 cm³/mol. The molecule has 1 heterocycles. The van der Waals surface area contributed by atoms with Crippen molar-refractivity contribution < 1.29 is 0 Å². The molecular weight excluding hydrogens is 198 g/mol. The molecule has 0 radical (unpaired) electrons. The molecule has 0 aliphatic rings. The molecule has 0 aliphatic heterocycles. The number of hydrogen-bond donors (Lipinski definition) is 1. The van der Waals surface area contributed by atoms with Crippen LogP contribution in [0.3, 0.4) is 0 Å². The van der Waals surface area contributed by atoms with Gasteiger partial charge in [0.15, 0.2) is 0 Å². The van der Waals surface area contributed by atoms with E-state index in [1.165, 1.54) is 17.7 Å². The molecule has 0 aliphatic carbocycles. The van der Waals surface area contributed by atoms with Crippen LogP contribution in [0.2, 0.25) is 0 Å². The third-order valence-corrected chi connectivity index (χ3v) is 2.57. The van der Waals surface area contributed by atoms with Crippen LogP contribution >= 0.6 is 0 Å². The molecule has 0 atom stereocenters.